The molecule has 0 unspecified atom stereocenters. The van der Waals surface area contributed by atoms with Gasteiger partial charge in [-0.2, -0.15) is 0 Å². The van der Waals surface area contributed by atoms with Crippen molar-refractivity contribution >= 4 is 17.5 Å². The average molecular weight is 288 g/mol. The zero-order valence-electron chi connectivity index (χ0n) is 13.0. The van der Waals surface area contributed by atoms with Crippen molar-refractivity contribution in [2.45, 2.75) is 46.1 Å². The quantitative estimate of drug-likeness (QED) is 0.875. The summed E-state index contributed by atoms with van der Waals surface area (Å²) in [6.07, 6.45) is 1.71. The van der Waals surface area contributed by atoms with Gasteiger partial charge in [0.1, 0.15) is 0 Å². The van der Waals surface area contributed by atoms with Crippen LogP contribution in [0.4, 0.5) is 5.69 Å². The molecule has 4 heteroatoms. The SMILES string of the molecule is CC(C)[C@@H](C)NC(=O)CC[C@@H]1Cc2ccccc2NC1=O. The average Bonchev–Trinajstić information content (AvgIpc) is 2.44. The second-order valence-electron chi connectivity index (χ2n) is 6.19. The second kappa shape index (κ2) is 6.74. The molecule has 2 rings (SSSR count). The Kier molecular flexibility index (Phi) is 4.99. The van der Waals surface area contributed by atoms with Crippen molar-refractivity contribution in [3.8, 4) is 0 Å². The van der Waals surface area contributed by atoms with E-state index in [1.54, 1.807) is 0 Å². The third kappa shape index (κ3) is 4.06. The van der Waals surface area contributed by atoms with E-state index < -0.39 is 0 Å². The molecule has 0 saturated carbocycles. The number of nitrogens with one attached hydrogen (secondary N) is 2. The van der Waals surface area contributed by atoms with Crippen LogP contribution < -0.4 is 10.6 Å². The number of benzene rings is 1. The maximum atomic E-state index is 12.1. The first-order chi connectivity index (χ1) is 9.97. The molecule has 0 aromatic heterocycles. The van der Waals surface area contributed by atoms with Crippen molar-refractivity contribution in [2.24, 2.45) is 11.8 Å². The fraction of sp³-hybridized carbons (Fsp3) is 0.529. The number of hydrogen-bond donors (Lipinski definition) is 2. The molecule has 1 heterocycles. The zero-order chi connectivity index (χ0) is 15.4. The Morgan fingerprint density at radius 3 is 2.76 bits per heavy atom. The molecule has 1 aromatic rings. The fourth-order valence-corrected chi connectivity index (χ4v) is 2.44. The summed E-state index contributed by atoms with van der Waals surface area (Å²) in [6.45, 7) is 6.17. The van der Waals surface area contributed by atoms with Gasteiger partial charge in [0.05, 0.1) is 0 Å². The lowest BCUT2D eigenvalue weighted by atomic mass is 9.89. The molecule has 114 valence electrons. The Hall–Kier alpha value is -1.84. The fourth-order valence-electron chi connectivity index (χ4n) is 2.44. The molecule has 2 N–H and O–H groups in total. The molecule has 0 aliphatic carbocycles. The Bertz CT molecular complexity index is 525. The van der Waals surface area contributed by atoms with Gasteiger partial charge < -0.3 is 10.6 Å². The van der Waals surface area contributed by atoms with E-state index in [9.17, 15) is 9.59 Å². The van der Waals surface area contributed by atoms with Crippen LogP contribution in [0.15, 0.2) is 24.3 Å². The van der Waals surface area contributed by atoms with Crippen molar-refractivity contribution < 1.29 is 9.59 Å². The summed E-state index contributed by atoms with van der Waals surface area (Å²) < 4.78 is 0. The van der Waals surface area contributed by atoms with Gasteiger partial charge in [0, 0.05) is 24.1 Å². The monoisotopic (exact) mass is 288 g/mol. The number of hydrogen-bond acceptors (Lipinski definition) is 2. The van der Waals surface area contributed by atoms with Crippen LogP contribution in [-0.2, 0) is 16.0 Å². The van der Waals surface area contributed by atoms with Crippen LogP contribution in [-0.4, -0.2) is 17.9 Å². The minimum Gasteiger partial charge on any atom is -0.353 e. The molecule has 1 aliphatic heterocycles. The lowest BCUT2D eigenvalue weighted by molar-refractivity contribution is -0.123. The summed E-state index contributed by atoms with van der Waals surface area (Å²) >= 11 is 0. The van der Waals surface area contributed by atoms with Gasteiger partial charge in [-0.15, -0.1) is 0 Å². The van der Waals surface area contributed by atoms with Crippen molar-refractivity contribution in [2.75, 3.05) is 5.32 Å². The van der Waals surface area contributed by atoms with E-state index in [2.05, 4.69) is 24.5 Å². The Morgan fingerprint density at radius 2 is 2.05 bits per heavy atom. The van der Waals surface area contributed by atoms with Crippen molar-refractivity contribution in [1.29, 1.82) is 0 Å². The van der Waals surface area contributed by atoms with Gasteiger partial charge >= 0.3 is 0 Å². The smallest absolute Gasteiger partial charge is 0.227 e. The van der Waals surface area contributed by atoms with Gasteiger partial charge in [-0.3, -0.25) is 9.59 Å². The van der Waals surface area contributed by atoms with Crippen LogP contribution in [0.5, 0.6) is 0 Å². The molecule has 4 nitrogen and oxygen atoms in total. The predicted octanol–water partition coefficient (Wildman–Crippen LogP) is 2.74. The zero-order valence-corrected chi connectivity index (χ0v) is 13.0. The molecular weight excluding hydrogens is 264 g/mol. The van der Waals surface area contributed by atoms with E-state index >= 15 is 0 Å². The summed E-state index contributed by atoms with van der Waals surface area (Å²) in [7, 11) is 0. The maximum absolute atomic E-state index is 12.1. The molecule has 0 saturated heterocycles. The molecule has 2 amide bonds. The Balaban J connectivity index is 1.87. The molecule has 0 radical (unpaired) electrons. The summed E-state index contributed by atoms with van der Waals surface area (Å²) in [6, 6.07) is 8.01. The lowest BCUT2D eigenvalue weighted by Crippen LogP contribution is -2.37. The van der Waals surface area contributed by atoms with Crippen LogP contribution in [0, 0.1) is 11.8 Å². The van der Waals surface area contributed by atoms with E-state index in [0.29, 0.717) is 18.8 Å². The molecule has 2 atom stereocenters. The van der Waals surface area contributed by atoms with Gasteiger partial charge in [-0.05, 0) is 37.3 Å². The van der Waals surface area contributed by atoms with Crippen molar-refractivity contribution in [3.63, 3.8) is 0 Å². The van der Waals surface area contributed by atoms with Crippen LogP contribution in [0.2, 0.25) is 0 Å². The second-order valence-corrected chi connectivity index (χ2v) is 6.19. The molecule has 0 spiro atoms. The minimum absolute atomic E-state index is 0.0263. The van der Waals surface area contributed by atoms with Gasteiger partial charge in [0.25, 0.3) is 0 Å². The van der Waals surface area contributed by atoms with Crippen LogP contribution in [0.1, 0.15) is 39.2 Å². The summed E-state index contributed by atoms with van der Waals surface area (Å²) in [5.41, 5.74) is 2.05. The van der Waals surface area contributed by atoms with Crippen LogP contribution >= 0.6 is 0 Å². The Morgan fingerprint density at radius 1 is 1.33 bits per heavy atom. The number of anilines is 1. The number of rotatable bonds is 5. The molecule has 1 aromatic carbocycles. The van der Waals surface area contributed by atoms with E-state index in [1.165, 1.54) is 0 Å². The van der Waals surface area contributed by atoms with Crippen molar-refractivity contribution in [1.82, 2.24) is 5.32 Å². The third-order valence-electron chi connectivity index (χ3n) is 4.22. The molecular formula is C17H24N2O2. The van der Waals surface area contributed by atoms with Gasteiger partial charge in [0.15, 0.2) is 0 Å². The number of amides is 2. The first-order valence-electron chi connectivity index (χ1n) is 7.65. The Labute approximate surface area is 126 Å². The van der Waals surface area contributed by atoms with E-state index in [1.807, 2.05) is 31.2 Å². The third-order valence-corrected chi connectivity index (χ3v) is 4.22. The molecule has 0 bridgehead atoms. The van der Waals surface area contributed by atoms with Crippen molar-refractivity contribution in [3.05, 3.63) is 29.8 Å². The standard InChI is InChI=1S/C17H24N2O2/c1-11(2)12(3)18-16(20)9-8-14-10-13-6-4-5-7-15(13)19-17(14)21/h4-7,11-12,14H,8-10H2,1-3H3,(H,18,20)(H,19,21)/t12-,14-/m1/s1. The highest BCUT2D eigenvalue weighted by molar-refractivity contribution is 5.96. The first kappa shape index (κ1) is 15.5. The normalized spacial score (nSPS) is 18.9. The molecule has 0 fully saturated rings. The summed E-state index contributed by atoms with van der Waals surface area (Å²) in [5.74, 6) is 0.361. The first-order valence-corrected chi connectivity index (χ1v) is 7.65. The number of fused-ring (bicyclic) bond motifs is 1. The highest BCUT2D eigenvalue weighted by atomic mass is 16.2. The van der Waals surface area contributed by atoms with Gasteiger partial charge in [-0.25, -0.2) is 0 Å². The predicted molar refractivity (Wildman–Crippen MR) is 83.9 cm³/mol. The largest absolute Gasteiger partial charge is 0.353 e. The number of carbonyl (C=O) groups excluding carboxylic acids is 2. The summed E-state index contributed by atoms with van der Waals surface area (Å²) in [4.78, 5) is 24.0. The van der Waals surface area contributed by atoms with E-state index in [0.717, 1.165) is 17.7 Å². The maximum Gasteiger partial charge on any atom is 0.227 e. The van der Waals surface area contributed by atoms with Crippen LogP contribution in [0.25, 0.3) is 0 Å². The molecule has 21 heavy (non-hydrogen) atoms. The lowest BCUT2D eigenvalue weighted by Gasteiger charge is -2.24. The van der Waals surface area contributed by atoms with E-state index in [-0.39, 0.29) is 23.8 Å². The highest BCUT2D eigenvalue weighted by Crippen LogP contribution is 2.27. The van der Waals surface area contributed by atoms with Gasteiger partial charge in [0.2, 0.25) is 11.8 Å². The van der Waals surface area contributed by atoms with Crippen LogP contribution in [0.3, 0.4) is 0 Å². The van der Waals surface area contributed by atoms with Gasteiger partial charge in [-0.1, -0.05) is 32.0 Å². The molecule has 1 aliphatic rings. The topological polar surface area (TPSA) is 58.2 Å². The minimum atomic E-state index is -0.111. The summed E-state index contributed by atoms with van der Waals surface area (Å²) in [5, 5.41) is 5.90. The van der Waals surface area contributed by atoms with E-state index in [4.69, 9.17) is 0 Å². The number of para-hydroxylation sites is 1. The number of carbonyl (C=O) groups is 2. The highest BCUT2D eigenvalue weighted by Gasteiger charge is 2.26.